The van der Waals surface area contributed by atoms with Crippen LogP contribution in [0.4, 0.5) is 4.39 Å². The van der Waals surface area contributed by atoms with Crippen LogP contribution in [0.15, 0.2) is 29.6 Å². The van der Waals surface area contributed by atoms with Gasteiger partial charge in [-0.1, -0.05) is 11.8 Å². The molecule has 0 amide bonds. The lowest BCUT2D eigenvalue weighted by Crippen LogP contribution is -2.03. The number of rotatable bonds is 3. The smallest absolute Gasteiger partial charge is 0.316 e. The molecule has 1 heterocycles. The predicted molar refractivity (Wildman–Crippen MR) is 62.2 cm³/mol. The van der Waals surface area contributed by atoms with E-state index in [1.807, 2.05) is 0 Å². The standard InChI is InChI=1S/C11H9FN2O2S/c1-16-10(15)5-17-11-8-4-7(12)2-3-9(8)13-6-14-11/h2-4,6H,5H2,1H3. The highest BCUT2D eigenvalue weighted by Gasteiger charge is 2.08. The number of methoxy groups -OCH3 is 1. The summed E-state index contributed by atoms with van der Waals surface area (Å²) in [5.74, 6) is -0.565. The number of nitrogens with zero attached hydrogens (tertiary/aromatic N) is 2. The van der Waals surface area contributed by atoms with Crippen LogP contribution < -0.4 is 0 Å². The van der Waals surface area contributed by atoms with Crippen LogP contribution in [-0.2, 0) is 9.53 Å². The zero-order chi connectivity index (χ0) is 12.3. The number of hydrogen-bond acceptors (Lipinski definition) is 5. The first-order valence-corrected chi connectivity index (χ1v) is 5.79. The number of ether oxygens (including phenoxy) is 1. The van der Waals surface area contributed by atoms with Gasteiger partial charge in [-0.2, -0.15) is 0 Å². The van der Waals surface area contributed by atoms with Gasteiger partial charge in [0.1, 0.15) is 17.2 Å². The number of esters is 1. The zero-order valence-electron chi connectivity index (χ0n) is 9.01. The van der Waals surface area contributed by atoms with Crippen LogP contribution in [0.25, 0.3) is 10.9 Å². The van der Waals surface area contributed by atoms with Crippen molar-refractivity contribution >= 4 is 28.6 Å². The molecule has 0 saturated carbocycles. The summed E-state index contributed by atoms with van der Waals surface area (Å²) >= 11 is 1.20. The molecule has 0 saturated heterocycles. The van der Waals surface area contributed by atoms with E-state index in [0.29, 0.717) is 15.9 Å². The van der Waals surface area contributed by atoms with Crippen LogP contribution in [0.2, 0.25) is 0 Å². The molecular formula is C11H9FN2O2S. The number of carbonyl (C=O) groups excluding carboxylic acids is 1. The summed E-state index contributed by atoms with van der Waals surface area (Å²) in [4.78, 5) is 19.1. The van der Waals surface area contributed by atoms with Crippen molar-refractivity contribution in [1.29, 1.82) is 0 Å². The third-order valence-corrected chi connectivity index (χ3v) is 3.09. The first-order valence-electron chi connectivity index (χ1n) is 4.80. The second-order valence-electron chi connectivity index (χ2n) is 3.21. The Balaban J connectivity index is 2.33. The van der Waals surface area contributed by atoms with Crippen LogP contribution in [0.5, 0.6) is 0 Å². The lowest BCUT2D eigenvalue weighted by Gasteiger charge is -2.03. The molecule has 0 fully saturated rings. The van der Waals surface area contributed by atoms with Crippen LogP contribution in [-0.4, -0.2) is 28.8 Å². The first kappa shape index (κ1) is 11.8. The van der Waals surface area contributed by atoms with E-state index < -0.39 is 0 Å². The average molecular weight is 252 g/mol. The fourth-order valence-corrected chi connectivity index (χ4v) is 2.12. The Hall–Kier alpha value is -1.69. The Bertz CT molecular complexity index is 562. The number of fused-ring (bicyclic) bond motifs is 1. The molecule has 0 spiro atoms. The molecule has 0 aliphatic rings. The fourth-order valence-electron chi connectivity index (χ4n) is 1.31. The predicted octanol–water partition coefficient (Wildman–Crippen LogP) is 2.03. The minimum atomic E-state index is -0.354. The molecule has 88 valence electrons. The second kappa shape index (κ2) is 5.09. The molecule has 0 atom stereocenters. The van der Waals surface area contributed by atoms with E-state index in [1.165, 1.54) is 37.3 Å². The minimum absolute atomic E-state index is 0.138. The van der Waals surface area contributed by atoms with E-state index in [1.54, 1.807) is 6.07 Å². The Morgan fingerprint density at radius 1 is 1.47 bits per heavy atom. The van der Waals surface area contributed by atoms with Crippen molar-refractivity contribution < 1.29 is 13.9 Å². The number of hydrogen-bond donors (Lipinski definition) is 0. The van der Waals surface area contributed by atoms with Gasteiger partial charge in [0.05, 0.1) is 18.4 Å². The van der Waals surface area contributed by atoms with Crippen molar-refractivity contribution in [2.75, 3.05) is 12.9 Å². The molecule has 4 nitrogen and oxygen atoms in total. The highest BCUT2D eigenvalue weighted by atomic mass is 32.2. The summed E-state index contributed by atoms with van der Waals surface area (Å²) in [5.41, 5.74) is 0.647. The highest BCUT2D eigenvalue weighted by molar-refractivity contribution is 8.00. The van der Waals surface area contributed by atoms with E-state index >= 15 is 0 Å². The Morgan fingerprint density at radius 3 is 3.06 bits per heavy atom. The molecule has 0 radical (unpaired) electrons. The maximum Gasteiger partial charge on any atom is 0.316 e. The third-order valence-electron chi connectivity index (χ3n) is 2.12. The van der Waals surface area contributed by atoms with Gasteiger partial charge >= 0.3 is 5.97 Å². The van der Waals surface area contributed by atoms with Crippen molar-refractivity contribution in [3.8, 4) is 0 Å². The Morgan fingerprint density at radius 2 is 2.29 bits per heavy atom. The molecule has 17 heavy (non-hydrogen) atoms. The summed E-state index contributed by atoms with van der Waals surface area (Å²) in [5, 5.41) is 1.17. The van der Waals surface area contributed by atoms with Crippen molar-refractivity contribution in [2.24, 2.45) is 0 Å². The lowest BCUT2D eigenvalue weighted by atomic mass is 10.2. The number of halogens is 1. The van der Waals surface area contributed by atoms with Gasteiger partial charge in [0.25, 0.3) is 0 Å². The van der Waals surface area contributed by atoms with Gasteiger partial charge in [0.2, 0.25) is 0 Å². The van der Waals surface area contributed by atoms with Gasteiger partial charge in [-0.25, -0.2) is 14.4 Å². The highest BCUT2D eigenvalue weighted by Crippen LogP contribution is 2.24. The van der Waals surface area contributed by atoms with Crippen LogP contribution >= 0.6 is 11.8 Å². The maximum atomic E-state index is 13.1. The van der Waals surface area contributed by atoms with Crippen molar-refractivity contribution in [3.05, 3.63) is 30.3 Å². The van der Waals surface area contributed by atoms with Crippen molar-refractivity contribution in [2.45, 2.75) is 5.03 Å². The van der Waals surface area contributed by atoms with Crippen molar-refractivity contribution in [1.82, 2.24) is 9.97 Å². The van der Waals surface area contributed by atoms with Gasteiger partial charge in [0, 0.05) is 5.39 Å². The largest absolute Gasteiger partial charge is 0.468 e. The number of carbonyl (C=O) groups is 1. The fraction of sp³-hybridized carbons (Fsp3) is 0.182. The number of benzene rings is 1. The van der Waals surface area contributed by atoms with E-state index in [2.05, 4.69) is 14.7 Å². The maximum absolute atomic E-state index is 13.1. The molecule has 0 N–H and O–H groups in total. The Kier molecular flexibility index (Phi) is 3.53. The van der Waals surface area contributed by atoms with Crippen LogP contribution in [0.3, 0.4) is 0 Å². The molecule has 6 heteroatoms. The summed E-state index contributed by atoms with van der Waals surface area (Å²) in [6.07, 6.45) is 1.39. The molecule has 0 unspecified atom stereocenters. The summed E-state index contributed by atoms with van der Waals surface area (Å²) in [6, 6.07) is 4.27. The summed E-state index contributed by atoms with van der Waals surface area (Å²) in [6.45, 7) is 0. The summed E-state index contributed by atoms with van der Waals surface area (Å²) < 4.78 is 17.7. The van der Waals surface area contributed by atoms with Crippen LogP contribution in [0, 0.1) is 5.82 Å². The lowest BCUT2D eigenvalue weighted by molar-refractivity contribution is -0.137. The molecule has 1 aromatic carbocycles. The monoisotopic (exact) mass is 252 g/mol. The van der Waals surface area contributed by atoms with E-state index in [9.17, 15) is 9.18 Å². The van der Waals surface area contributed by atoms with E-state index in [4.69, 9.17) is 0 Å². The van der Waals surface area contributed by atoms with Gasteiger partial charge in [0.15, 0.2) is 0 Å². The van der Waals surface area contributed by atoms with Gasteiger partial charge in [-0.05, 0) is 18.2 Å². The molecule has 0 aliphatic heterocycles. The van der Waals surface area contributed by atoms with E-state index in [0.717, 1.165) is 0 Å². The van der Waals surface area contributed by atoms with Crippen molar-refractivity contribution in [3.63, 3.8) is 0 Å². The SMILES string of the molecule is COC(=O)CSc1ncnc2ccc(F)cc12. The molecule has 0 aliphatic carbocycles. The topological polar surface area (TPSA) is 52.1 Å². The molecular weight excluding hydrogens is 243 g/mol. The number of aromatic nitrogens is 2. The third kappa shape index (κ3) is 2.71. The minimum Gasteiger partial charge on any atom is -0.468 e. The molecule has 2 rings (SSSR count). The quantitative estimate of drug-likeness (QED) is 0.475. The second-order valence-corrected chi connectivity index (χ2v) is 4.17. The molecule has 2 aromatic rings. The molecule has 0 bridgehead atoms. The van der Waals surface area contributed by atoms with E-state index in [-0.39, 0.29) is 17.5 Å². The Labute approximate surface area is 101 Å². The van der Waals surface area contributed by atoms with Gasteiger partial charge in [-0.3, -0.25) is 4.79 Å². The van der Waals surface area contributed by atoms with Crippen LogP contribution in [0.1, 0.15) is 0 Å². The van der Waals surface area contributed by atoms with Gasteiger partial charge < -0.3 is 4.74 Å². The van der Waals surface area contributed by atoms with Gasteiger partial charge in [-0.15, -0.1) is 0 Å². The summed E-state index contributed by atoms with van der Waals surface area (Å²) in [7, 11) is 1.32. The number of thioether (sulfide) groups is 1. The zero-order valence-corrected chi connectivity index (χ0v) is 9.83. The average Bonchev–Trinajstić information content (AvgIpc) is 2.35. The first-order chi connectivity index (χ1) is 8.20. The normalized spacial score (nSPS) is 10.5. The molecule has 1 aromatic heterocycles.